The first-order valence-electron chi connectivity index (χ1n) is 5.94. The highest BCUT2D eigenvalue weighted by Gasteiger charge is 2.17. The number of rotatable bonds is 4. The van der Waals surface area contributed by atoms with Crippen molar-refractivity contribution in [3.8, 4) is 11.8 Å². The highest BCUT2D eigenvalue weighted by molar-refractivity contribution is 5.95. The van der Waals surface area contributed by atoms with E-state index in [4.69, 9.17) is 10.00 Å². The first-order chi connectivity index (χ1) is 8.88. The monoisotopic (exact) mass is 258 g/mol. The molecule has 1 rings (SSSR count). The Bertz CT molecular complexity index is 522. The van der Waals surface area contributed by atoms with Gasteiger partial charge in [-0.2, -0.15) is 5.26 Å². The maximum absolute atomic E-state index is 11.8. The summed E-state index contributed by atoms with van der Waals surface area (Å²) in [5, 5.41) is 11.5. The molecule has 0 heterocycles. The number of nitriles is 1. The molecular weight excluding hydrogens is 240 g/mol. The molecule has 0 fully saturated rings. The van der Waals surface area contributed by atoms with Gasteiger partial charge in [-0.25, -0.2) is 0 Å². The van der Waals surface area contributed by atoms with Crippen molar-refractivity contribution in [1.82, 2.24) is 5.32 Å². The van der Waals surface area contributed by atoms with Gasteiger partial charge in [0, 0.05) is 6.08 Å². The van der Waals surface area contributed by atoms with Crippen molar-refractivity contribution < 1.29 is 9.53 Å². The topological polar surface area (TPSA) is 62.1 Å². The molecule has 4 nitrogen and oxygen atoms in total. The number of allylic oxidation sites excluding steroid dienone is 1. The Labute approximate surface area is 113 Å². The van der Waals surface area contributed by atoms with Gasteiger partial charge in [-0.3, -0.25) is 4.79 Å². The molecule has 0 aliphatic carbocycles. The summed E-state index contributed by atoms with van der Waals surface area (Å²) in [7, 11) is 1.61. The third-order valence-corrected chi connectivity index (χ3v) is 2.61. The third-order valence-electron chi connectivity index (χ3n) is 2.61. The molecule has 1 amide bonds. The Kier molecular flexibility index (Phi) is 4.71. The van der Waals surface area contributed by atoms with E-state index in [9.17, 15) is 4.79 Å². The average Bonchev–Trinajstić information content (AvgIpc) is 2.38. The van der Waals surface area contributed by atoms with E-state index in [1.807, 2.05) is 37.3 Å². The molecule has 0 unspecified atom stereocenters. The van der Waals surface area contributed by atoms with Gasteiger partial charge in [0.25, 0.3) is 0 Å². The molecule has 19 heavy (non-hydrogen) atoms. The van der Waals surface area contributed by atoms with Crippen LogP contribution in [0.25, 0.3) is 5.57 Å². The minimum Gasteiger partial charge on any atom is -0.497 e. The van der Waals surface area contributed by atoms with Gasteiger partial charge in [0.15, 0.2) is 0 Å². The van der Waals surface area contributed by atoms with E-state index >= 15 is 0 Å². The van der Waals surface area contributed by atoms with Crippen LogP contribution in [0.4, 0.5) is 0 Å². The molecule has 0 saturated carbocycles. The summed E-state index contributed by atoms with van der Waals surface area (Å²) < 4.78 is 5.08. The fourth-order valence-electron chi connectivity index (χ4n) is 1.51. The number of amides is 1. The van der Waals surface area contributed by atoms with Crippen molar-refractivity contribution in [1.29, 1.82) is 5.26 Å². The predicted octanol–water partition coefficient (Wildman–Crippen LogP) is 2.52. The summed E-state index contributed by atoms with van der Waals surface area (Å²) in [6, 6.07) is 9.46. The van der Waals surface area contributed by atoms with Crippen LogP contribution < -0.4 is 10.1 Å². The van der Waals surface area contributed by atoms with Crippen LogP contribution in [0.3, 0.4) is 0 Å². The van der Waals surface area contributed by atoms with Gasteiger partial charge in [0.05, 0.1) is 13.2 Å². The number of ether oxygens (including phenoxy) is 1. The van der Waals surface area contributed by atoms with Crippen molar-refractivity contribution in [2.45, 2.75) is 26.3 Å². The Morgan fingerprint density at radius 3 is 2.42 bits per heavy atom. The summed E-state index contributed by atoms with van der Waals surface area (Å²) in [6.07, 6.45) is 1.49. The average molecular weight is 258 g/mol. The van der Waals surface area contributed by atoms with Crippen molar-refractivity contribution in [2.75, 3.05) is 7.11 Å². The molecule has 1 aromatic carbocycles. The lowest BCUT2D eigenvalue weighted by Gasteiger charge is -2.16. The molecule has 0 aromatic heterocycles. The summed E-state index contributed by atoms with van der Waals surface area (Å²) in [5.74, 6) is 0.492. The van der Waals surface area contributed by atoms with Crippen LogP contribution in [-0.2, 0) is 4.79 Å². The third kappa shape index (κ3) is 4.47. The van der Waals surface area contributed by atoms with Crippen LogP contribution in [0, 0.1) is 11.3 Å². The smallest absolute Gasteiger partial charge is 0.245 e. The second-order valence-corrected chi connectivity index (χ2v) is 4.78. The molecule has 0 radical (unpaired) electrons. The first-order valence-corrected chi connectivity index (χ1v) is 5.94. The Hall–Kier alpha value is -2.28. The van der Waals surface area contributed by atoms with E-state index in [0.29, 0.717) is 0 Å². The number of benzene rings is 1. The fraction of sp³-hybridized carbons (Fsp3) is 0.333. The molecule has 1 aromatic rings. The zero-order chi connectivity index (χ0) is 14.5. The van der Waals surface area contributed by atoms with Crippen molar-refractivity contribution in [2.24, 2.45) is 0 Å². The molecule has 0 bridgehead atoms. The summed E-state index contributed by atoms with van der Waals surface area (Å²) in [5.41, 5.74) is 0.896. The summed E-state index contributed by atoms with van der Waals surface area (Å²) >= 11 is 0. The number of carbonyl (C=O) groups is 1. The second-order valence-electron chi connectivity index (χ2n) is 4.78. The van der Waals surface area contributed by atoms with Gasteiger partial charge in [-0.15, -0.1) is 0 Å². The lowest BCUT2D eigenvalue weighted by Crippen LogP contribution is -2.41. The molecule has 0 aliphatic rings. The quantitative estimate of drug-likeness (QED) is 0.844. The standard InChI is InChI=1S/C15H18N2O2/c1-11(9-14(18)17-15(2,3)10-16)12-5-7-13(19-4)8-6-12/h5-9H,1-4H3,(H,17,18)/b11-9+. The Morgan fingerprint density at radius 2 is 1.95 bits per heavy atom. The molecule has 100 valence electrons. The van der Waals surface area contributed by atoms with Gasteiger partial charge in [-0.1, -0.05) is 12.1 Å². The van der Waals surface area contributed by atoms with E-state index in [0.717, 1.165) is 16.9 Å². The fourth-order valence-corrected chi connectivity index (χ4v) is 1.51. The largest absolute Gasteiger partial charge is 0.497 e. The summed E-state index contributed by atoms with van der Waals surface area (Å²) in [6.45, 7) is 5.16. The van der Waals surface area contributed by atoms with E-state index in [1.165, 1.54) is 6.08 Å². The van der Waals surface area contributed by atoms with Crippen molar-refractivity contribution in [3.63, 3.8) is 0 Å². The maximum atomic E-state index is 11.8. The lowest BCUT2D eigenvalue weighted by atomic mass is 10.1. The number of methoxy groups -OCH3 is 1. The number of nitrogens with zero attached hydrogens (tertiary/aromatic N) is 1. The highest BCUT2D eigenvalue weighted by atomic mass is 16.5. The van der Waals surface area contributed by atoms with Crippen LogP contribution in [0.15, 0.2) is 30.3 Å². The van der Waals surface area contributed by atoms with E-state index in [2.05, 4.69) is 5.32 Å². The zero-order valence-electron chi connectivity index (χ0n) is 11.7. The van der Waals surface area contributed by atoms with Gasteiger partial charge < -0.3 is 10.1 Å². The Balaban J connectivity index is 2.81. The van der Waals surface area contributed by atoms with Crippen LogP contribution in [0.1, 0.15) is 26.3 Å². The Morgan fingerprint density at radius 1 is 1.37 bits per heavy atom. The van der Waals surface area contributed by atoms with E-state index in [-0.39, 0.29) is 5.91 Å². The number of carbonyl (C=O) groups excluding carboxylic acids is 1. The maximum Gasteiger partial charge on any atom is 0.245 e. The van der Waals surface area contributed by atoms with Crippen LogP contribution >= 0.6 is 0 Å². The second kappa shape index (κ2) is 6.05. The molecule has 0 spiro atoms. The van der Waals surface area contributed by atoms with Crippen LogP contribution in [0.2, 0.25) is 0 Å². The number of hydrogen-bond acceptors (Lipinski definition) is 3. The normalized spacial score (nSPS) is 11.6. The molecule has 0 saturated heterocycles. The lowest BCUT2D eigenvalue weighted by molar-refractivity contribution is -0.117. The van der Waals surface area contributed by atoms with Crippen LogP contribution in [-0.4, -0.2) is 18.6 Å². The molecular formula is C15H18N2O2. The van der Waals surface area contributed by atoms with Gasteiger partial charge in [-0.05, 0) is 44.0 Å². The zero-order valence-corrected chi connectivity index (χ0v) is 11.7. The van der Waals surface area contributed by atoms with E-state index < -0.39 is 5.54 Å². The SMILES string of the molecule is COc1ccc(/C(C)=C/C(=O)NC(C)(C)C#N)cc1. The van der Waals surface area contributed by atoms with Crippen molar-refractivity contribution in [3.05, 3.63) is 35.9 Å². The van der Waals surface area contributed by atoms with E-state index in [1.54, 1.807) is 21.0 Å². The van der Waals surface area contributed by atoms with Gasteiger partial charge in [0.2, 0.25) is 5.91 Å². The molecule has 0 aliphatic heterocycles. The number of hydrogen-bond donors (Lipinski definition) is 1. The van der Waals surface area contributed by atoms with Gasteiger partial charge >= 0.3 is 0 Å². The minimum atomic E-state index is -0.867. The molecule has 1 N–H and O–H groups in total. The first kappa shape index (κ1) is 14.8. The number of nitrogens with one attached hydrogen (secondary N) is 1. The predicted molar refractivity (Wildman–Crippen MR) is 74.5 cm³/mol. The summed E-state index contributed by atoms with van der Waals surface area (Å²) in [4.78, 5) is 11.8. The van der Waals surface area contributed by atoms with Crippen molar-refractivity contribution >= 4 is 11.5 Å². The van der Waals surface area contributed by atoms with Crippen LogP contribution in [0.5, 0.6) is 5.75 Å². The minimum absolute atomic E-state index is 0.278. The molecule has 4 heteroatoms. The highest BCUT2D eigenvalue weighted by Crippen LogP contribution is 2.18. The molecule has 0 atom stereocenters. The van der Waals surface area contributed by atoms with Gasteiger partial charge in [0.1, 0.15) is 11.3 Å².